The van der Waals surface area contributed by atoms with E-state index in [-0.39, 0.29) is 4.75 Å². The molecular formula is C11H15N3O3S2. The van der Waals surface area contributed by atoms with Crippen molar-refractivity contribution in [3.63, 3.8) is 0 Å². The van der Waals surface area contributed by atoms with Gasteiger partial charge in [-0.25, -0.2) is 29.4 Å². The van der Waals surface area contributed by atoms with E-state index in [4.69, 9.17) is 0 Å². The van der Waals surface area contributed by atoms with E-state index in [0.717, 1.165) is 0 Å². The Labute approximate surface area is 119 Å². The third kappa shape index (κ3) is 10.4. The van der Waals surface area contributed by atoms with Crippen molar-refractivity contribution in [3.05, 3.63) is 0 Å². The highest BCUT2D eigenvalue weighted by atomic mass is 33.1. The van der Waals surface area contributed by atoms with Crippen LogP contribution in [0.3, 0.4) is 0 Å². The maximum Gasteiger partial charge on any atom is 0.234 e. The molecule has 0 N–H and O–H groups in total. The molecule has 8 heteroatoms. The predicted molar refractivity (Wildman–Crippen MR) is 76.7 cm³/mol. The van der Waals surface area contributed by atoms with Gasteiger partial charge in [0.15, 0.2) is 0 Å². The first-order chi connectivity index (χ1) is 9.18. The topological polar surface area (TPSA) is 88.3 Å². The van der Waals surface area contributed by atoms with E-state index < -0.39 is 0 Å². The number of rotatable bonds is 11. The number of hydrogen-bond acceptors (Lipinski definition) is 8. The van der Waals surface area contributed by atoms with E-state index in [1.807, 2.05) is 6.92 Å². The monoisotopic (exact) mass is 301 g/mol. The van der Waals surface area contributed by atoms with Crippen LogP contribution >= 0.6 is 21.6 Å². The molecule has 0 heterocycles. The van der Waals surface area contributed by atoms with Crippen molar-refractivity contribution in [2.45, 2.75) is 24.5 Å². The second-order valence-corrected chi connectivity index (χ2v) is 6.78. The first-order valence-electron chi connectivity index (χ1n) is 5.60. The van der Waals surface area contributed by atoms with Crippen molar-refractivity contribution in [1.29, 1.82) is 0 Å². The Morgan fingerprint density at radius 1 is 0.895 bits per heavy atom. The summed E-state index contributed by atoms with van der Waals surface area (Å²) in [6.07, 6.45) is 5.87. The molecule has 0 saturated heterocycles. The summed E-state index contributed by atoms with van der Waals surface area (Å²) >= 11 is 0. The van der Waals surface area contributed by atoms with Crippen LogP contribution in [0.2, 0.25) is 0 Å². The Balaban J connectivity index is 4.24. The molecule has 0 aliphatic rings. The zero-order valence-corrected chi connectivity index (χ0v) is 12.3. The van der Waals surface area contributed by atoms with E-state index in [9.17, 15) is 14.4 Å². The number of isocyanates is 3. The van der Waals surface area contributed by atoms with Crippen molar-refractivity contribution < 1.29 is 14.4 Å². The fourth-order valence-corrected chi connectivity index (χ4v) is 3.91. The molecule has 0 aromatic rings. The van der Waals surface area contributed by atoms with Crippen molar-refractivity contribution in [2.24, 2.45) is 15.0 Å². The van der Waals surface area contributed by atoms with Crippen molar-refractivity contribution >= 4 is 39.8 Å². The molecule has 0 unspecified atom stereocenters. The molecule has 104 valence electrons. The highest BCUT2D eigenvalue weighted by Gasteiger charge is 2.24. The van der Waals surface area contributed by atoms with E-state index in [0.29, 0.717) is 38.2 Å². The summed E-state index contributed by atoms with van der Waals surface area (Å²) in [5.41, 5.74) is 0. The van der Waals surface area contributed by atoms with Crippen LogP contribution in [0.5, 0.6) is 0 Å². The number of nitrogens with zero attached hydrogens (tertiary/aromatic N) is 3. The molecule has 0 saturated carbocycles. The van der Waals surface area contributed by atoms with Crippen LogP contribution in [-0.4, -0.2) is 48.4 Å². The molecule has 0 bridgehead atoms. The summed E-state index contributed by atoms with van der Waals surface area (Å²) < 4.78 is -0.156. The second-order valence-electron chi connectivity index (χ2n) is 3.77. The lowest BCUT2D eigenvalue weighted by Gasteiger charge is -2.26. The quantitative estimate of drug-likeness (QED) is 0.252. The van der Waals surface area contributed by atoms with Crippen LogP contribution in [0.25, 0.3) is 0 Å². The maximum absolute atomic E-state index is 10.1. The van der Waals surface area contributed by atoms with Gasteiger partial charge in [-0.15, -0.1) is 0 Å². The highest BCUT2D eigenvalue weighted by Crippen LogP contribution is 2.40. The van der Waals surface area contributed by atoms with Gasteiger partial charge in [-0.05, 0) is 19.8 Å². The summed E-state index contributed by atoms with van der Waals surface area (Å²) in [5.74, 6) is 0.698. The number of aliphatic imine (C=N–C) groups is 3. The summed E-state index contributed by atoms with van der Waals surface area (Å²) in [7, 11) is 3.20. The van der Waals surface area contributed by atoms with Gasteiger partial charge in [0.05, 0.1) is 19.6 Å². The minimum Gasteiger partial charge on any atom is -0.211 e. The average Bonchev–Trinajstić information content (AvgIpc) is 2.39. The molecule has 0 amide bonds. The first-order valence-corrected chi connectivity index (χ1v) is 7.92. The Morgan fingerprint density at radius 3 is 1.84 bits per heavy atom. The van der Waals surface area contributed by atoms with Gasteiger partial charge in [0, 0.05) is 10.5 Å². The van der Waals surface area contributed by atoms with Gasteiger partial charge in [0.1, 0.15) is 0 Å². The van der Waals surface area contributed by atoms with Gasteiger partial charge >= 0.3 is 0 Å². The minimum atomic E-state index is -0.156. The van der Waals surface area contributed by atoms with Crippen LogP contribution in [0.1, 0.15) is 19.8 Å². The summed E-state index contributed by atoms with van der Waals surface area (Å²) in [4.78, 5) is 40.6. The summed E-state index contributed by atoms with van der Waals surface area (Å²) in [6, 6.07) is 0. The summed E-state index contributed by atoms with van der Waals surface area (Å²) in [5, 5.41) is 0. The minimum absolute atomic E-state index is 0.156. The lowest BCUT2D eigenvalue weighted by Crippen LogP contribution is -2.21. The van der Waals surface area contributed by atoms with Crippen LogP contribution in [0, 0.1) is 0 Å². The molecule has 0 aliphatic carbocycles. The standard InChI is InChI=1S/C11H15N3O3S2/c1-11(2-4-12-8-15,3-5-13-9-16)19-18-7-6-14-10-17/h2-7H2,1H3. The Hall–Kier alpha value is -1.16. The maximum atomic E-state index is 10.1. The zero-order valence-electron chi connectivity index (χ0n) is 10.6. The molecule has 0 spiro atoms. The normalized spacial score (nSPS) is 12.5. The smallest absolute Gasteiger partial charge is 0.211 e. The lowest BCUT2D eigenvalue weighted by atomic mass is 10.0. The van der Waals surface area contributed by atoms with Gasteiger partial charge in [-0.3, -0.25) is 0 Å². The third-order valence-electron chi connectivity index (χ3n) is 2.25. The number of hydrogen-bond donors (Lipinski definition) is 0. The molecule has 6 nitrogen and oxygen atoms in total. The van der Waals surface area contributed by atoms with Gasteiger partial charge in [0.25, 0.3) is 0 Å². The van der Waals surface area contributed by atoms with Gasteiger partial charge in [-0.2, -0.15) is 0 Å². The molecule has 0 aromatic heterocycles. The van der Waals surface area contributed by atoms with Crippen LogP contribution < -0.4 is 0 Å². The second kappa shape index (κ2) is 11.9. The van der Waals surface area contributed by atoms with E-state index in [2.05, 4.69) is 15.0 Å². The Bertz CT molecular complexity index is 376. The van der Waals surface area contributed by atoms with Crippen molar-refractivity contribution in [1.82, 2.24) is 0 Å². The molecule has 0 aliphatic heterocycles. The molecule has 0 aromatic carbocycles. The zero-order chi connectivity index (χ0) is 14.4. The van der Waals surface area contributed by atoms with Crippen LogP contribution in [0.4, 0.5) is 0 Å². The van der Waals surface area contributed by atoms with Crippen molar-refractivity contribution in [2.75, 3.05) is 25.4 Å². The molecule has 0 atom stereocenters. The lowest BCUT2D eigenvalue weighted by molar-refractivity contribution is 0.541. The van der Waals surface area contributed by atoms with Crippen molar-refractivity contribution in [3.8, 4) is 0 Å². The average molecular weight is 301 g/mol. The third-order valence-corrected chi connectivity index (χ3v) is 5.58. The predicted octanol–water partition coefficient (Wildman–Crippen LogP) is 1.91. The first kappa shape index (κ1) is 17.8. The molecular weight excluding hydrogens is 286 g/mol. The number of carbonyl (C=O) groups excluding carboxylic acids is 3. The van der Waals surface area contributed by atoms with E-state index in [1.165, 1.54) is 18.2 Å². The molecule has 0 rings (SSSR count). The van der Waals surface area contributed by atoms with E-state index in [1.54, 1.807) is 21.6 Å². The van der Waals surface area contributed by atoms with Gasteiger partial charge in [0.2, 0.25) is 18.2 Å². The fraction of sp³-hybridized carbons (Fsp3) is 0.727. The Kier molecular flexibility index (Phi) is 11.2. The Morgan fingerprint density at radius 2 is 1.37 bits per heavy atom. The largest absolute Gasteiger partial charge is 0.234 e. The highest BCUT2D eigenvalue weighted by molar-refractivity contribution is 8.77. The van der Waals surface area contributed by atoms with Gasteiger partial charge < -0.3 is 0 Å². The fourth-order valence-electron chi connectivity index (χ4n) is 1.20. The SMILES string of the molecule is CC(CCN=C=O)(CCN=C=O)SSCCN=C=O. The van der Waals surface area contributed by atoms with E-state index >= 15 is 0 Å². The van der Waals surface area contributed by atoms with Gasteiger partial charge in [-0.1, -0.05) is 21.6 Å². The molecule has 0 fully saturated rings. The van der Waals surface area contributed by atoms with Crippen LogP contribution in [-0.2, 0) is 14.4 Å². The van der Waals surface area contributed by atoms with Crippen LogP contribution in [0.15, 0.2) is 15.0 Å². The molecule has 19 heavy (non-hydrogen) atoms. The molecule has 0 radical (unpaired) electrons. The summed E-state index contributed by atoms with van der Waals surface area (Å²) in [6.45, 7) is 3.24.